The average Bonchev–Trinajstić information content (AvgIpc) is 2.45. The van der Waals surface area contributed by atoms with Crippen LogP contribution in [0.25, 0.3) is 0 Å². The van der Waals surface area contributed by atoms with Gasteiger partial charge in [-0.05, 0) is 61.2 Å². The Morgan fingerprint density at radius 3 is 2.30 bits per heavy atom. The van der Waals surface area contributed by atoms with Gasteiger partial charge in [-0.1, -0.05) is 35.0 Å². The molecule has 0 spiro atoms. The minimum Gasteiger partial charge on any atom is -0.310 e. The Morgan fingerprint density at radius 1 is 1.15 bits per heavy atom. The Morgan fingerprint density at radius 2 is 1.75 bits per heavy atom. The summed E-state index contributed by atoms with van der Waals surface area (Å²) in [6, 6.07) is 9.05. The Kier molecular flexibility index (Phi) is 5.32. The SMILES string of the molecule is CCNC(Cc1ccncc1)c1cc(C)c(Br)c(C)c1. The van der Waals surface area contributed by atoms with Crippen LogP contribution < -0.4 is 5.32 Å². The highest BCUT2D eigenvalue weighted by molar-refractivity contribution is 9.10. The van der Waals surface area contributed by atoms with E-state index in [0.29, 0.717) is 6.04 Å². The Hall–Kier alpha value is -1.19. The minimum atomic E-state index is 0.341. The predicted octanol–water partition coefficient (Wildman–Crippen LogP) is 4.35. The third kappa shape index (κ3) is 3.68. The number of benzene rings is 1. The van der Waals surface area contributed by atoms with Crippen molar-refractivity contribution < 1.29 is 0 Å². The number of hydrogen-bond donors (Lipinski definition) is 1. The molecule has 0 bridgehead atoms. The normalized spacial score (nSPS) is 12.4. The molecule has 1 aromatic heterocycles. The number of nitrogens with zero attached hydrogens (tertiary/aromatic N) is 1. The number of nitrogens with one attached hydrogen (secondary N) is 1. The maximum atomic E-state index is 4.08. The van der Waals surface area contributed by atoms with Crippen LogP contribution in [0.4, 0.5) is 0 Å². The zero-order chi connectivity index (χ0) is 14.5. The summed E-state index contributed by atoms with van der Waals surface area (Å²) in [6.07, 6.45) is 4.70. The molecule has 1 aromatic carbocycles. The molecule has 3 heteroatoms. The van der Waals surface area contributed by atoms with E-state index in [1.165, 1.54) is 26.7 Å². The maximum Gasteiger partial charge on any atom is 0.0360 e. The van der Waals surface area contributed by atoms with Gasteiger partial charge in [0.2, 0.25) is 0 Å². The molecular formula is C17H21BrN2. The number of hydrogen-bond acceptors (Lipinski definition) is 2. The molecular weight excluding hydrogens is 312 g/mol. The first kappa shape index (κ1) is 15.2. The second-order valence-electron chi connectivity index (χ2n) is 5.14. The van der Waals surface area contributed by atoms with Crippen molar-refractivity contribution in [2.45, 2.75) is 33.2 Å². The predicted molar refractivity (Wildman–Crippen MR) is 88.0 cm³/mol. The first-order valence-electron chi connectivity index (χ1n) is 7.00. The fourth-order valence-electron chi connectivity index (χ4n) is 2.49. The van der Waals surface area contributed by atoms with Crippen molar-refractivity contribution in [3.63, 3.8) is 0 Å². The number of rotatable bonds is 5. The molecule has 0 radical (unpaired) electrons. The molecule has 0 saturated carbocycles. The highest BCUT2D eigenvalue weighted by Gasteiger charge is 2.13. The summed E-state index contributed by atoms with van der Waals surface area (Å²) in [5.41, 5.74) is 5.24. The third-order valence-corrected chi connectivity index (χ3v) is 4.75. The average molecular weight is 333 g/mol. The van der Waals surface area contributed by atoms with Gasteiger partial charge in [-0.15, -0.1) is 0 Å². The van der Waals surface area contributed by atoms with Crippen molar-refractivity contribution in [2.75, 3.05) is 6.54 Å². The van der Waals surface area contributed by atoms with Gasteiger partial charge in [-0.2, -0.15) is 0 Å². The number of likely N-dealkylation sites (N-methyl/N-ethyl adjacent to an activating group) is 1. The van der Waals surface area contributed by atoms with Crippen molar-refractivity contribution >= 4 is 15.9 Å². The van der Waals surface area contributed by atoms with E-state index >= 15 is 0 Å². The van der Waals surface area contributed by atoms with Gasteiger partial charge < -0.3 is 5.32 Å². The van der Waals surface area contributed by atoms with Gasteiger partial charge in [-0.3, -0.25) is 4.98 Å². The van der Waals surface area contributed by atoms with Crippen molar-refractivity contribution in [1.82, 2.24) is 10.3 Å². The summed E-state index contributed by atoms with van der Waals surface area (Å²) in [7, 11) is 0. The fourth-order valence-corrected chi connectivity index (χ4v) is 2.72. The van der Waals surface area contributed by atoms with Crippen LogP contribution >= 0.6 is 15.9 Å². The second kappa shape index (κ2) is 7.00. The van der Waals surface area contributed by atoms with Gasteiger partial charge in [0.25, 0.3) is 0 Å². The fraction of sp³-hybridized carbons (Fsp3) is 0.353. The van der Waals surface area contributed by atoms with Crippen LogP contribution in [0.3, 0.4) is 0 Å². The molecule has 0 amide bonds. The minimum absolute atomic E-state index is 0.341. The lowest BCUT2D eigenvalue weighted by Gasteiger charge is -2.20. The van der Waals surface area contributed by atoms with Gasteiger partial charge in [0, 0.05) is 22.9 Å². The van der Waals surface area contributed by atoms with E-state index in [0.717, 1.165) is 13.0 Å². The zero-order valence-corrected chi connectivity index (χ0v) is 13.9. The van der Waals surface area contributed by atoms with Gasteiger partial charge in [0.1, 0.15) is 0 Å². The molecule has 2 nitrogen and oxygen atoms in total. The number of aromatic nitrogens is 1. The molecule has 106 valence electrons. The standard InChI is InChI=1S/C17H21BrN2/c1-4-20-16(11-14-5-7-19-8-6-14)15-9-12(2)17(18)13(3)10-15/h5-10,16,20H,4,11H2,1-3H3. The highest BCUT2D eigenvalue weighted by atomic mass is 79.9. The van der Waals surface area contributed by atoms with Crippen molar-refractivity contribution in [2.24, 2.45) is 0 Å². The summed E-state index contributed by atoms with van der Waals surface area (Å²) in [4.78, 5) is 4.08. The van der Waals surface area contributed by atoms with Crippen molar-refractivity contribution in [1.29, 1.82) is 0 Å². The van der Waals surface area contributed by atoms with E-state index < -0.39 is 0 Å². The largest absolute Gasteiger partial charge is 0.310 e. The molecule has 0 aliphatic heterocycles. The smallest absolute Gasteiger partial charge is 0.0360 e. The van der Waals surface area contributed by atoms with Crippen LogP contribution in [0.5, 0.6) is 0 Å². The van der Waals surface area contributed by atoms with Crippen molar-refractivity contribution in [3.05, 3.63) is 63.4 Å². The molecule has 1 heterocycles. The molecule has 1 unspecified atom stereocenters. The van der Waals surface area contributed by atoms with Crippen LogP contribution in [-0.2, 0) is 6.42 Å². The van der Waals surface area contributed by atoms with Gasteiger partial charge in [0.05, 0.1) is 0 Å². The Labute approximate surface area is 129 Å². The van der Waals surface area contributed by atoms with E-state index in [2.05, 4.69) is 71.3 Å². The summed E-state index contributed by atoms with van der Waals surface area (Å²) in [6.45, 7) is 7.41. The molecule has 2 rings (SSSR count). The molecule has 0 aliphatic carbocycles. The van der Waals surface area contributed by atoms with Crippen LogP contribution in [-0.4, -0.2) is 11.5 Å². The van der Waals surface area contributed by atoms with E-state index in [4.69, 9.17) is 0 Å². The molecule has 0 aliphatic rings. The van der Waals surface area contributed by atoms with E-state index in [1.54, 1.807) is 0 Å². The Bertz CT molecular complexity index is 543. The summed E-state index contributed by atoms with van der Waals surface area (Å²) in [5, 5.41) is 3.59. The van der Waals surface area contributed by atoms with Crippen LogP contribution in [0.2, 0.25) is 0 Å². The Balaban J connectivity index is 2.29. The van der Waals surface area contributed by atoms with Crippen LogP contribution in [0, 0.1) is 13.8 Å². The van der Waals surface area contributed by atoms with E-state index in [9.17, 15) is 0 Å². The van der Waals surface area contributed by atoms with Gasteiger partial charge in [-0.25, -0.2) is 0 Å². The zero-order valence-electron chi connectivity index (χ0n) is 12.3. The lowest BCUT2D eigenvalue weighted by Crippen LogP contribution is -2.23. The summed E-state index contributed by atoms with van der Waals surface area (Å²) < 4.78 is 1.21. The molecule has 0 saturated heterocycles. The first-order chi connectivity index (χ1) is 9.61. The summed E-state index contributed by atoms with van der Waals surface area (Å²) in [5.74, 6) is 0. The highest BCUT2D eigenvalue weighted by Crippen LogP contribution is 2.27. The van der Waals surface area contributed by atoms with Crippen LogP contribution in [0.15, 0.2) is 41.1 Å². The quantitative estimate of drug-likeness (QED) is 0.880. The second-order valence-corrected chi connectivity index (χ2v) is 5.93. The maximum absolute atomic E-state index is 4.08. The lowest BCUT2D eigenvalue weighted by atomic mass is 9.96. The van der Waals surface area contributed by atoms with Gasteiger partial charge in [0.15, 0.2) is 0 Å². The van der Waals surface area contributed by atoms with Gasteiger partial charge >= 0.3 is 0 Å². The van der Waals surface area contributed by atoms with E-state index in [-0.39, 0.29) is 0 Å². The number of aryl methyl sites for hydroxylation is 2. The number of pyridine rings is 1. The summed E-state index contributed by atoms with van der Waals surface area (Å²) >= 11 is 3.64. The lowest BCUT2D eigenvalue weighted by molar-refractivity contribution is 0.549. The topological polar surface area (TPSA) is 24.9 Å². The third-order valence-electron chi connectivity index (χ3n) is 3.50. The first-order valence-corrected chi connectivity index (χ1v) is 7.80. The molecule has 20 heavy (non-hydrogen) atoms. The monoisotopic (exact) mass is 332 g/mol. The van der Waals surface area contributed by atoms with Crippen LogP contribution in [0.1, 0.15) is 35.2 Å². The van der Waals surface area contributed by atoms with Crippen molar-refractivity contribution in [3.8, 4) is 0 Å². The molecule has 2 aromatic rings. The molecule has 0 fully saturated rings. The van der Waals surface area contributed by atoms with E-state index in [1.807, 2.05) is 12.4 Å². The molecule has 1 N–H and O–H groups in total. The number of halogens is 1. The molecule has 1 atom stereocenters.